The van der Waals surface area contributed by atoms with Crippen LogP contribution in [0.5, 0.6) is 5.75 Å². The van der Waals surface area contributed by atoms with E-state index in [1.807, 2.05) is 25.4 Å². The minimum absolute atomic E-state index is 0.381. The van der Waals surface area contributed by atoms with Crippen LogP contribution in [0.2, 0.25) is 5.02 Å². The molecule has 0 unspecified atom stereocenters. The zero-order valence-corrected chi connectivity index (χ0v) is 10.5. The van der Waals surface area contributed by atoms with Crippen molar-refractivity contribution in [3.05, 3.63) is 35.1 Å². The number of hydrogen-bond donors (Lipinski definition) is 1. The van der Waals surface area contributed by atoms with Crippen molar-refractivity contribution in [2.45, 2.75) is 6.54 Å². The topological polar surface area (TPSA) is 53.1 Å². The van der Waals surface area contributed by atoms with Gasteiger partial charge in [0.2, 0.25) is 0 Å². The lowest BCUT2D eigenvalue weighted by atomic mass is 10.1. The van der Waals surface area contributed by atoms with Crippen LogP contribution in [-0.2, 0) is 13.6 Å². The van der Waals surface area contributed by atoms with E-state index in [9.17, 15) is 0 Å². The first-order valence-corrected chi connectivity index (χ1v) is 5.60. The van der Waals surface area contributed by atoms with Crippen LogP contribution in [0.3, 0.4) is 0 Å². The van der Waals surface area contributed by atoms with Crippen LogP contribution in [0.25, 0.3) is 11.1 Å². The summed E-state index contributed by atoms with van der Waals surface area (Å²) in [5.41, 5.74) is 8.37. The van der Waals surface area contributed by atoms with E-state index in [-0.39, 0.29) is 0 Å². The maximum Gasteiger partial charge on any atom is 0.126 e. The molecule has 4 nitrogen and oxygen atoms in total. The Morgan fingerprint density at radius 3 is 2.82 bits per heavy atom. The molecule has 0 spiro atoms. The van der Waals surface area contributed by atoms with E-state index in [0.717, 1.165) is 22.6 Å². The summed E-state index contributed by atoms with van der Waals surface area (Å²) in [6.45, 7) is 0.381. The van der Waals surface area contributed by atoms with Crippen molar-refractivity contribution in [2.75, 3.05) is 7.11 Å². The second-order valence-electron chi connectivity index (χ2n) is 3.71. The number of nitrogens with zero attached hydrogens (tertiary/aromatic N) is 2. The SMILES string of the molecule is COc1ccc(Cl)cc1-c1cn(C)nc1CN. The van der Waals surface area contributed by atoms with Crippen LogP contribution in [0.15, 0.2) is 24.4 Å². The monoisotopic (exact) mass is 251 g/mol. The zero-order valence-electron chi connectivity index (χ0n) is 9.77. The molecule has 2 rings (SSSR count). The predicted octanol–water partition coefficient (Wildman–Crippen LogP) is 2.21. The quantitative estimate of drug-likeness (QED) is 0.910. The highest BCUT2D eigenvalue weighted by Gasteiger charge is 2.13. The van der Waals surface area contributed by atoms with Gasteiger partial charge in [-0.1, -0.05) is 11.6 Å². The highest BCUT2D eigenvalue weighted by Crippen LogP contribution is 2.33. The fraction of sp³-hybridized carbons (Fsp3) is 0.250. The molecule has 0 amide bonds. The Balaban J connectivity index is 2.61. The van der Waals surface area contributed by atoms with Crippen molar-refractivity contribution >= 4 is 11.6 Å². The average Bonchev–Trinajstić information content (AvgIpc) is 2.70. The highest BCUT2D eigenvalue weighted by atomic mass is 35.5. The number of aromatic nitrogens is 2. The highest BCUT2D eigenvalue weighted by molar-refractivity contribution is 6.31. The number of aryl methyl sites for hydroxylation is 1. The molecule has 1 aromatic carbocycles. The van der Waals surface area contributed by atoms with Gasteiger partial charge < -0.3 is 10.5 Å². The molecule has 1 heterocycles. The van der Waals surface area contributed by atoms with Crippen molar-refractivity contribution in [1.82, 2.24) is 9.78 Å². The molecule has 0 aliphatic carbocycles. The molecule has 2 N–H and O–H groups in total. The number of ether oxygens (including phenoxy) is 1. The molecule has 0 aliphatic heterocycles. The Morgan fingerprint density at radius 2 is 2.18 bits per heavy atom. The molecule has 1 aromatic heterocycles. The molecule has 17 heavy (non-hydrogen) atoms. The van der Waals surface area contributed by atoms with Gasteiger partial charge in [-0.25, -0.2) is 0 Å². The van der Waals surface area contributed by atoms with Crippen molar-refractivity contribution in [1.29, 1.82) is 0 Å². The second-order valence-corrected chi connectivity index (χ2v) is 4.15. The maximum atomic E-state index is 6.01. The second kappa shape index (κ2) is 4.77. The predicted molar refractivity (Wildman–Crippen MR) is 68.1 cm³/mol. The minimum Gasteiger partial charge on any atom is -0.496 e. The third kappa shape index (κ3) is 2.28. The summed E-state index contributed by atoms with van der Waals surface area (Å²) in [5, 5.41) is 4.96. The van der Waals surface area contributed by atoms with Crippen LogP contribution in [0.1, 0.15) is 5.69 Å². The number of benzene rings is 1. The molecule has 0 saturated carbocycles. The van der Waals surface area contributed by atoms with Gasteiger partial charge in [0.25, 0.3) is 0 Å². The molecule has 90 valence electrons. The van der Waals surface area contributed by atoms with Gasteiger partial charge in [0, 0.05) is 35.9 Å². The summed E-state index contributed by atoms with van der Waals surface area (Å²) >= 11 is 6.01. The Labute approximate surface area is 105 Å². The number of hydrogen-bond acceptors (Lipinski definition) is 3. The standard InChI is InChI=1S/C12H14ClN3O/c1-16-7-10(11(6-14)15-16)9-5-8(13)3-4-12(9)17-2/h3-5,7H,6,14H2,1-2H3. The summed E-state index contributed by atoms with van der Waals surface area (Å²) in [6, 6.07) is 5.49. The van der Waals surface area contributed by atoms with Crippen molar-refractivity contribution in [2.24, 2.45) is 12.8 Å². The van der Waals surface area contributed by atoms with E-state index in [0.29, 0.717) is 11.6 Å². The molecule has 0 saturated heterocycles. The van der Waals surface area contributed by atoms with Crippen LogP contribution in [0, 0.1) is 0 Å². The summed E-state index contributed by atoms with van der Waals surface area (Å²) in [6.07, 6.45) is 1.91. The lowest BCUT2D eigenvalue weighted by Gasteiger charge is -2.08. The normalized spacial score (nSPS) is 10.6. The summed E-state index contributed by atoms with van der Waals surface area (Å²) in [7, 11) is 3.49. The molecular formula is C12H14ClN3O. The van der Waals surface area contributed by atoms with Gasteiger partial charge in [0.15, 0.2) is 0 Å². The maximum absolute atomic E-state index is 6.01. The first-order chi connectivity index (χ1) is 8.15. The molecule has 0 atom stereocenters. The Hall–Kier alpha value is -1.52. The third-order valence-corrected chi connectivity index (χ3v) is 2.79. The zero-order chi connectivity index (χ0) is 12.4. The Morgan fingerprint density at radius 1 is 1.41 bits per heavy atom. The summed E-state index contributed by atoms with van der Waals surface area (Å²) < 4.78 is 7.06. The molecular weight excluding hydrogens is 238 g/mol. The summed E-state index contributed by atoms with van der Waals surface area (Å²) in [4.78, 5) is 0. The van der Waals surface area contributed by atoms with Crippen LogP contribution < -0.4 is 10.5 Å². The van der Waals surface area contributed by atoms with Gasteiger partial charge in [-0.2, -0.15) is 5.10 Å². The van der Waals surface area contributed by atoms with Gasteiger partial charge in [-0.15, -0.1) is 0 Å². The lowest BCUT2D eigenvalue weighted by Crippen LogP contribution is -2.00. The van der Waals surface area contributed by atoms with Crippen molar-refractivity contribution < 1.29 is 4.74 Å². The van der Waals surface area contributed by atoms with E-state index in [1.54, 1.807) is 17.9 Å². The molecule has 0 radical (unpaired) electrons. The largest absolute Gasteiger partial charge is 0.496 e. The van der Waals surface area contributed by atoms with Gasteiger partial charge in [-0.05, 0) is 18.2 Å². The first kappa shape index (κ1) is 12.0. The average molecular weight is 252 g/mol. The van der Waals surface area contributed by atoms with E-state index in [4.69, 9.17) is 22.1 Å². The Bertz CT molecular complexity index is 537. The lowest BCUT2D eigenvalue weighted by molar-refractivity contribution is 0.416. The fourth-order valence-corrected chi connectivity index (χ4v) is 1.97. The Kier molecular flexibility index (Phi) is 3.36. The molecule has 5 heteroatoms. The first-order valence-electron chi connectivity index (χ1n) is 5.22. The van der Waals surface area contributed by atoms with Crippen LogP contribution in [0.4, 0.5) is 0 Å². The number of rotatable bonds is 3. The van der Waals surface area contributed by atoms with Gasteiger partial charge in [-0.3, -0.25) is 4.68 Å². The number of halogens is 1. The molecule has 0 bridgehead atoms. The smallest absolute Gasteiger partial charge is 0.126 e. The molecule has 0 fully saturated rings. The van der Waals surface area contributed by atoms with Crippen LogP contribution >= 0.6 is 11.6 Å². The van der Waals surface area contributed by atoms with Gasteiger partial charge >= 0.3 is 0 Å². The number of nitrogens with two attached hydrogens (primary N) is 1. The molecule has 0 aliphatic rings. The number of methoxy groups -OCH3 is 1. The van der Waals surface area contributed by atoms with Gasteiger partial charge in [0.1, 0.15) is 5.75 Å². The van der Waals surface area contributed by atoms with E-state index in [1.165, 1.54) is 0 Å². The van der Waals surface area contributed by atoms with E-state index >= 15 is 0 Å². The van der Waals surface area contributed by atoms with E-state index < -0.39 is 0 Å². The molecule has 2 aromatic rings. The minimum atomic E-state index is 0.381. The fourth-order valence-electron chi connectivity index (χ4n) is 1.80. The van der Waals surface area contributed by atoms with Crippen molar-refractivity contribution in [3.63, 3.8) is 0 Å². The van der Waals surface area contributed by atoms with Crippen molar-refractivity contribution in [3.8, 4) is 16.9 Å². The summed E-state index contributed by atoms with van der Waals surface area (Å²) in [5.74, 6) is 0.761. The van der Waals surface area contributed by atoms with Crippen LogP contribution in [-0.4, -0.2) is 16.9 Å². The van der Waals surface area contributed by atoms with Gasteiger partial charge in [0.05, 0.1) is 12.8 Å². The van der Waals surface area contributed by atoms with E-state index in [2.05, 4.69) is 5.10 Å². The third-order valence-electron chi connectivity index (χ3n) is 2.55.